The van der Waals surface area contributed by atoms with Crippen molar-refractivity contribution in [2.45, 2.75) is 51.1 Å². The number of hydrogen-bond donors (Lipinski definition) is 0. The van der Waals surface area contributed by atoms with Gasteiger partial charge < -0.3 is 0 Å². The first-order chi connectivity index (χ1) is 5.63. The molecule has 1 rings (SSSR count). The molecule has 0 aromatic carbocycles. The van der Waals surface area contributed by atoms with Gasteiger partial charge in [-0.3, -0.25) is 4.90 Å². The van der Waals surface area contributed by atoms with Gasteiger partial charge in [0.2, 0.25) is 0 Å². The summed E-state index contributed by atoms with van der Waals surface area (Å²) in [5.74, 6) is 0. The molecule has 72 valence electrons. The second kappa shape index (κ2) is 4.17. The van der Waals surface area contributed by atoms with Crippen LogP contribution in [0.3, 0.4) is 0 Å². The lowest BCUT2D eigenvalue weighted by atomic mass is 10.1. The number of nitrogens with zero attached hydrogens (tertiary/aromatic N) is 1. The van der Waals surface area contributed by atoms with Crippen LogP contribution < -0.4 is 0 Å². The lowest BCUT2D eigenvalue weighted by Gasteiger charge is -2.29. The summed E-state index contributed by atoms with van der Waals surface area (Å²) in [6, 6.07) is -0.200. The van der Waals surface area contributed by atoms with E-state index in [-0.39, 0.29) is 0 Å². The molecule has 0 amide bonds. The normalized spacial score (nSPS) is 33.8. The van der Waals surface area contributed by atoms with Crippen molar-refractivity contribution in [2.75, 3.05) is 7.05 Å². The maximum absolute atomic E-state index is 12.5. The molecule has 0 aromatic rings. The van der Waals surface area contributed by atoms with E-state index in [4.69, 9.17) is 0 Å². The van der Waals surface area contributed by atoms with Gasteiger partial charge in [0.1, 0.15) is 0 Å². The lowest BCUT2D eigenvalue weighted by molar-refractivity contribution is 0.0222. The molecule has 0 radical (unpaired) electrons. The first-order valence-electron chi connectivity index (χ1n) is 4.63. The number of halogens is 2. The van der Waals surface area contributed by atoms with Gasteiger partial charge in [-0.05, 0) is 26.8 Å². The third-order valence-electron chi connectivity index (χ3n) is 2.88. The zero-order valence-electron chi connectivity index (χ0n) is 7.76. The van der Waals surface area contributed by atoms with Crippen LogP contribution >= 0.6 is 0 Å². The molecule has 12 heavy (non-hydrogen) atoms. The van der Waals surface area contributed by atoms with Crippen LogP contribution in [-0.4, -0.2) is 30.5 Å². The van der Waals surface area contributed by atoms with Gasteiger partial charge in [-0.25, -0.2) is 8.78 Å². The van der Waals surface area contributed by atoms with Crippen LogP contribution in [0.25, 0.3) is 0 Å². The van der Waals surface area contributed by atoms with E-state index < -0.39 is 12.5 Å². The Labute approximate surface area is 72.7 Å². The maximum Gasteiger partial charge on any atom is 0.253 e. The van der Waals surface area contributed by atoms with E-state index in [0.29, 0.717) is 12.5 Å². The Morgan fingerprint density at radius 3 is 2.42 bits per heavy atom. The highest BCUT2D eigenvalue weighted by atomic mass is 19.3. The quantitative estimate of drug-likeness (QED) is 0.595. The fraction of sp³-hybridized carbons (Fsp3) is 1.00. The van der Waals surface area contributed by atoms with E-state index in [1.807, 2.05) is 18.9 Å². The van der Waals surface area contributed by atoms with E-state index in [2.05, 4.69) is 0 Å². The van der Waals surface area contributed by atoms with Gasteiger partial charge in [-0.15, -0.1) is 0 Å². The third kappa shape index (κ3) is 2.16. The molecule has 0 bridgehead atoms. The van der Waals surface area contributed by atoms with E-state index in [9.17, 15) is 8.78 Å². The molecular weight excluding hydrogens is 160 g/mol. The monoisotopic (exact) mass is 177 g/mol. The Kier molecular flexibility index (Phi) is 3.44. The lowest BCUT2D eigenvalue weighted by Crippen LogP contribution is -2.41. The minimum absolute atomic E-state index is 0.312. The largest absolute Gasteiger partial charge is 0.295 e. The third-order valence-corrected chi connectivity index (χ3v) is 2.88. The number of alkyl halides is 2. The summed E-state index contributed by atoms with van der Waals surface area (Å²) in [6.07, 6.45) is 1.56. The molecule has 1 heterocycles. The van der Waals surface area contributed by atoms with Crippen molar-refractivity contribution in [3.05, 3.63) is 0 Å². The number of rotatable bonds is 1. The Bertz CT molecular complexity index is 138. The number of likely N-dealkylation sites (tertiary alicyclic amines) is 1. The zero-order valence-corrected chi connectivity index (χ0v) is 7.76. The highest BCUT2D eigenvalue weighted by Crippen LogP contribution is 2.23. The second-order valence-electron chi connectivity index (χ2n) is 3.70. The Morgan fingerprint density at radius 1 is 1.25 bits per heavy atom. The number of hydrogen-bond acceptors (Lipinski definition) is 1. The van der Waals surface area contributed by atoms with Crippen molar-refractivity contribution in [3.63, 3.8) is 0 Å². The average molecular weight is 177 g/mol. The van der Waals surface area contributed by atoms with E-state index in [0.717, 1.165) is 19.3 Å². The molecule has 0 aromatic heterocycles. The summed E-state index contributed by atoms with van der Waals surface area (Å²) in [4.78, 5) is 1.83. The summed E-state index contributed by atoms with van der Waals surface area (Å²) < 4.78 is 25.0. The standard InChI is InChI=1S/C9H17F2N/c1-7-5-3-4-6-8(9(10)11)12(7)2/h7-9H,3-6H2,1-2H3. The van der Waals surface area contributed by atoms with Crippen molar-refractivity contribution in [2.24, 2.45) is 0 Å². The Balaban J connectivity index is 2.58. The van der Waals surface area contributed by atoms with Crippen molar-refractivity contribution < 1.29 is 8.78 Å². The summed E-state index contributed by atoms with van der Waals surface area (Å²) in [6.45, 7) is 2.03. The van der Waals surface area contributed by atoms with Gasteiger partial charge in [0.15, 0.2) is 0 Å². The van der Waals surface area contributed by atoms with Crippen LogP contribution in [0.15, 0.2) is 0 Å². The molecule has 0 spiro atoms. The van der Waals surface area contributed by atoms with Crippen molar-refractivity contribution in [3.8, 4) is 0 Å². The molecule has 2 atom stereocenters. The summed E-state index contributed by atoms with van der Waals surface area (Å²) in [7, 11) is 1.81. The van der Waals surface area contributed by atoms with Gasteiger partial charge in [-0.1, -0.05) is 12.8 Å². The fourth-order valence-electron chi connectivity index (χ4n) is 1.83. The van der Waals surface area contributed by atoms with Gasteiger partial charge in [0, 0.05) is 6.04 Å². The molecular formula is C9H17F2N. The molecule has 0 N–H and O–H groups in total. The molecule has 3 heteroatoms. The van der Waals surface area contributed by atoms with Gasteiger partial charge in [-0.2, -0.15) is 0 Å². The fourth-order valence-corrected chi connectivity index (χ4v) is 1.83. The van der Waals surface area contributed by atoms with Crippen LogP contribution in [0.4, 0.5) is 8.78 Å². The summed E-state index contributed by atoms with van der Waals surface area (Å²) in [5, 5.41) is 0. The van der Waals surface area contributed by atoms with Crippen molar-refractivity contribution >= 4 is 0 Å². The highest BCUT2D eigenvalue weighted by Gasteiger charge is 2.29. The topological polar surface area (TPSA) is 3.24 Å². The Hall–Kier alpha value is -0.180. The SMILES string of the molecule is CC1CCCCC(C(F)F)N1C. The van der Waals surface area contributed by atoms with Crippen LogP contribution in [0.1, 0.15) is 32.6 Å². The van der Waals surface area contributed by atoms with E-state index >= 15 is 0 Å². The Morgan fingerprint density at radius 2 is 1.83 bits per heavy atom. The molecule has 1 nitrogen and oxygen atoms in total. The first kappa shape index (κ1) is 9.90. The van der Waals surface area contributed by atoms with E-state index in [1.54, 1.807) is 0 Å². The van der Waals surface area contributed by atoms with Crippen LogP contribution in [0.2, 0.25) is 0 Å². The predicted molar refractivity (Wildman–Crippen MR) is 45.5 cm³/mol. The predicted octanol–water partition coefficient (Wildman–Crippen LogP) is 2.51. The summed E-state index contributed by atoms with van der Waals surface area (Å²) in [5.41, 5.74) is 0. The van der Waals surface area contributed by atoms with Gasteiger partial charge in [0.05, 0.1) is 6.04 Å². The first-order valence-corrected chi connectivity index (χ1v) is 4.63. The van der Waals surface area contributed by atoms with Gasteiger partial charge in [0.25, 0.3) is 6.43 Å². The molecule has 1 aliphatic rings. The zero-order chi connectivity index (χ0) is 9.14. The van der Waals surface area contributed by atoms with Crippen molar-refractivity contribution in [1.29, 1.82) is 0 Å². The minimum Gasteiger partial charge on any atom is -0.295 e. The van der Waals surface area contributed by atoms with Crippen LogP contribution in [0.5, 0.6) is 0 Å². The van der Waals surface area contributed by atoms with E-state index in [1.165, 1.54) is 0 Å². The van der Waals surface area contributed by atoms with Crippen molar-refractivity contribution in [1.82, 2.24) is 4.90 Å². The van der Waals surface area contributed by atoms with Crippen LogP contribution in [-0.2, 0) is 0 Å². The van der Waals surface area contributed by atoms with Crippen LogP contribution in [0, 0.1) is 0 Å². The minimum atomic E-state index is -2.18. The van der Waals surface area contributed by atoms with Gasteiger partial charge >= 0.3 is 0 Å². The smallest absolute Gasteiger partial charge is 0.253 e. The molecule has 1 fully saturated rings. The maximum atomic E-state index is 12.5. The average Bonchev–Trinajstić information content (AvgIpc) is 2.15. The molecule has 1 aliphatic heterocycles. The second-order valence-corrected chi connectivity index (χ2v) is 3.70. The highest BCUT2D eigenvalue weighted by molar-refractivity contribution is 4.79. The molecule has 0 saturated carbocycles. The summed E-state index contributed by atoms with van der Waals surface area (Å²) >= 11 is 0. The molecule has 2 unspecified atom stereocenters. The molecule has 1 saturated heterocycles. The molecule has 0 aliphatic carbocycles.